The number of carbonyl (C=O) groups is 1. The standard InChI is InChI=1S/C17H25NO3/c1-16(2,15(19)20-5)9-13(18)11-6-7-14-12(8-11)17(3,4)10-21-14/h6-8,13H,9-10,18H2,1-5H3. The maximum atomic E-state index is 11.8. The van der Waals surface area contributed by atoms with E-state index in [0.29, 0.717) is 13.0 Å². The molecule has 1 aliphatic rings. The fraction of sp³-hybridized carbons (Fsp3) is 0.588. The van der Waals surface area contributed by atoms with Crippen LogP contribution in [0.15, 0.2) is 18.2 Å². The molecule has 1 aromatic carbocycles. The molecule has 21 heavy (non-hydrogen) atoms. The number of fused-ring (bicyclic) bond motifs is 1. The molecule has 1 atom stereocenters. The molecule has 0 radical (unpaired) electrons. The first kappa shape index (κ1) is 15.8. The Morgan fingerprint density at radius 2 is 2.14 bits per heavy atom. The number of nitrogens with two attached hydrogens (primary N) is 1. The minimum Gasteiger partial charge on any atom is -0.492 e. The van der Waals surface area contributed by atoms with E-state index in [1.165, 1.54) is 12.7 Å². The zero-order chi connectivity index (χ0) is 15.8. The predicted molar refractivity (Wildman–Crippen MR) is 82.3 cm³/mol. The Balaban J connectivity index is 2.22. The molecule has 0 fully saturated rings. The SMILES string of the molecule is COC(=O)C(C)(C)CC(N)c1ccc2c(c1)C(C)(C)CO2. The van der Waals surface area contributed by atoms with E-state index >= 15 is 0 Å². The molecule has 2 N–H and O–H groups in total. The first-order valence-corrected chi connectivity index (χ1v) is 7.28. The van der Waals surface area contributed by atoms with Gasteiger partial charge in [-0.05, 0) is 38.0 Å². The highest BCUT2D eigenvalue weighted by Crippen LogP contribution is 2.40. The summed E-state index contributed by atoms with van der Waals surface area (Å²) in [6, 6.07) is 5.86. The van der Waals surface area contributed by atoms with E-state index < -0.39 is 5.41 Å². The number of esters is 1. The third-order valence-electron chi connectivity index (χ3n) is 4.22. The fourth-order valence-corrected chi connectivity index (χ4v) is 2.80. The van der Waals surface area contributed by atoms with E-state index in [9.17, 15) is 4.79 Å². The van der Waals surface area contributed by atoms with Crippen molar-refractivity contribution in [1.29, 1.82) is 0 Å². The number of benzene rings is 1. The van der Waals surface area contributed by atoms with Crippen LogP contribution in [0, 0.1) is 5.41 Å². The third-order valence-corrected chi connectivity index (χ3v) is 4.22. The number of rotatable bonds is 4. The second kappa shape index (κ2) is 5.34. The van der Waals surface area contributed by atoms with Crippen molar-refractivity contribution in [3.8, 4) is 5.75 Å². The molecule has 0 aromatic heterocycles. The molecule has 0 bridgehead atoms. The molecule has 0 aliphatic carbocycles. The number of methoxy groups -OCH3 is 1. The Morgan fingerprint density at radius 1 is 1.48 bits per heavy atom. The fourth-order valence-electron chi connectivity index (χ4n) is 2.80. The van der Waals surface area contributed by atoms with Gasteiger partial charge in [-0.3, -0.25) is 4.79 Å². The van der Waals surface area contributed by atoms with Gasteiger partial charge in [0.15, 0.2) is 0 Å². The molecular formula is C17H25NO3. The highest BCUT2D eigenvalue weighted by molar-refractivity contribution is 5.75. The van der Waals surface area contributed by atoms with Crippen molar-refractivity contribution < 1.29 is 14.3 Å². The van der Waals surface area contributed by atoms with Crippen molar-refractivity contribution in [3.63, 3.8) is 0 Å². The van der Waals surface area contributed by atoms with Crippen LogP contribution in [0.1, 0.15) is 51.3 Å². The van der Waals surface area contributed by atoms with E-state index in [-0.39, 0.29) is 17.4 Å². The molecule has 1 unspecified atom stereocenters. The van der Waals surface area contributed by atoms with Gasteiger partial charge >= 0.3 is 5.97 Å². The van der Waals surface area contributed by atoms with E-state index in [1.54, 1.807) is 0 Å². The highest BCUT2D eigenvalue weighted by Gasteiger charge is 2.34. The maximum absolute atomic E-state index is 11.8. The number of carbonyl (C=O) groups excluding carboxylic acids is 1. The van der Waals surface area contributed by atoms with Crippen LogP contribution >= 0.6 is 0 Å². The molecule has 0 spiro atoms. The molecule has 1 aromatic rings. The second-order valence-corrected chi connectivity index (χ2v) is 7.11. The van der Waals surface area contributed by atoms with Gasteiger partial charge in [0.2, 0.25) is 0 Å². The Labute approximate surface area is 126 Å². The number of hydrogen-bond donors (Lipinski definition) is 1. The van der Waals surface area contributed by atoms with Crippen LogP contribution in [0.3, 0.4) is 0 Å². The lowest BCUT2D eigenvalue weighted by Gasteiger charge is -2.26. The van der Waals surface area contributed by atoms with Gasteiger partial charge < -0.3 is 15.2 Å². The average molecular weight is 291 g/mol. The number of ether oxygens (including phenoxy) is 2. The van der Waals surface area contributed by atoms with Gasteiger partial charge in [-0.2, -0.15) is 0 Å². The summed E-state index contributed by atoms with van der Waals surface area (Å²) in [6.07, 6.45) is 0.541. The van der Waals surface area contributed by atoms with Crippen molar-refractivity contribution >= 4 is 5.97 Å². The lowest BCUT2D eigenvalue weighted by atomic mass is 9.81. The monoisotopic (exact) mass is 291 g/mol. The summed E-state index contributed by atoms with van der Waals surface area (Å²) in [5.41, 5.74) is 7.93. The van der Waals surface area contributed by atoms with Crippen molar-refractivity contribution in [3.05, 3.63) is 29.3 Å². The van der Waals surface area contributed by atoms with Crippen LogP contribution in [0.25, 0.3) is 0 Å². The minimum absolute atomic E-state index is 0.00291. The molecule has 4 heteroatoms. The summed E-state index contributed by atoms with van der Waals surface area (Å²) in [5.74, 6) is 0.700. The molecule has 116 valence electrons. The molecular weight excluding hydrogens is 266 g/mol. The first-order chi connectivity index (χ1) is 9.67. The van der Waals surface area contributed by atoms with Gasteiger partial charge in [-0.15, -0.1) is 0 Å². The molecule has 2 rings (SSSR count). The van der Waals surface area contributed by atoms with Gasteiger partial charge in [-0.1, -0.05) is 19.9 Å². The van der Waals surface area contributed by atoms with Crippen LogP contribution in [-0.4, -0.2) is 19.7 Å². The second-order valence-electron chi connectivity index (χ2n) is 7.11. The van der Waals surface area contributed by atoms with Crippen LogP contribution in [-0.2, 0) is 14.9 Å². The van der Waals surface area contributed by atoms with Crippen LogP contribution in [0.5, 0.6) is 5.75 Å². The zero-order valence-electron chi connectivity index (χ0n) is 13.5. The molecule has 0 saturated heterocycles. The van der Waals surface area contributed by atoms with Crippen molar-refractivity contribution in [2.45, 2.75) is 45.6 Å². The molecule has 0 saturated carbocycles. The summed E-state index contributed by atoms with van der Waals surface area (Å²) in [5, 5.41) is 0. The molecule has 1 heterocycles. The summed E-state index contributed by atoms with van der Waals surface area (Å²) in [7, 11) is 1.41. The maximum Gasteiger partial charge on any atom is 0.311 e. The molecule has 1 aliphatic heterocycles. The summed E-state index contributed by atoms with van der Waals surface area (Å²) in [6.45, 7) is 8.73. The summed E-state index contributed by atoms with van der Waals surface area (Å²) in [4.78, 5) is 11.8. The van der Waals surface area contributed by atoms with Gasteiger partial charge in [0.05, 0.1) is 19.1 Å². The van der Waals surface area contributed by atoms with E-state index in [0.717, 1.165) is 11.3 Å². The Bertz CT molecular complexity index is 549. The number of hydrogen-bond acceptors (Lipinski definition) is 4. The smallest absolute Gasteiger partial charge is 0.311 e. The third kappa shape index (κ3) is 3.05. The average Bonchev–Trinajstić information content (AvgIpc) is 2.72. The van der Waals surface area contributed by atoms with Crippen molar-refractivity contribution in [1.82, 2.24) is 0 Å². The lowest BCUT2D eigenvalue weighted by Crippen LogP contribution is -2.30. The topological polar surface area (TPSA) is 61.5 Å². The summed E-state index contributed by atoms with van der Waals surface area (Å²) < 4.78 is 10.5. The van der Waals surface area contributed by atoms with E-state index in [1.807, 2.05) is 26.0 Å². The van der Waals surface area contributed by atoms with Gasteiger partial charge in [0.1, 0.15) is 5.75 Å². The Hall–Kier alpha value is -1.55. The quantitative estimate of drug-likeness (QED) is 0.866. The van der Waals surface area contributed by atoms with Gasteiger partial charge in [-0.25, -0.2) is 0 Å². The van der Waals surface area contributed by atoms with E-state index in [2.05, 4.69) is 19.9 Å². The molecule has 4 nitrogen and oxygen atoms in total. The predicted octanol–water partition coefficient (Wildman–Crippen LogP) is 2.95. The van der Waals surface area contributed by atoms with Gasteiger partial charge in [0.25, 0.3) is 0 Å². The highest BCUT2D eigenvalue weighted by atomic mass is 16.5. The Morgan fingerprint density at radius 3 is 2.76 bits per heavy atom. The Kier molecular flexibility index (Phi) is 4.02. The van der Waals surface area contributed by atoms with Crippen molar-refractivity contribution in [2.75, 3.05) is 13.7 Å². The van der Waals surface area contributed by atoms with Crippen LogP contribution in [0.2, 0.25) is 0 Å². The lowest BCUT2D eigenvalue weighted by molar-refractivity contribution is -0.151. The van der Waals surface area contributed by atoms with E-state index in [4.69, 9.17) is 15.2 Å². The normalized spacial score (nSPS) is 17.8. The summed E-state index contributed by atoms with van der Waals surface area (Å²) >= 11 is 0. The minimum atomic E-state index is -0.598. The largest absolute Gasteiger partial charge is 0.492 e. The van der Waals surface area contributed by atoms with Crippen LogP contribution < -0.4 is 10.5 Å². The van der Waals surface area contributed by atoms with Crippen molar-refractivity contribution in [2.24, 2.45) is 11.1 Å². The van der Waals surface area contributed by atoms with Gasteiger partial charge in [0, 0.05) is 17.0 Å². The first-order valence-electron chi connectivity index (χ1n) is 7.28. The zero-order valence-corrected chi connectivity index (χ0v) is 13.5. The van der Waals surface area contributed by atoms with Crippen LogP contribution in [0.4, 0.5) is 0 Å². The molecule has 0 amide bonds.